The van der Waals surface area contributed by atoms with E-state index in [1.165, 1.54) is 6.33 Å². The summed E-state index contributed by atoms with van der Waals surface area (Å²) in [6.07, 6.45) is 1.25. The zero-order valence-electron chi connectivity index (χ0n) is 14.6. The molecule has 9 nitrogen and oxygen atoms in total. The number of fused-ring (bicyclic) bond motifs is 1. The monoisotopic (exact) mass is 399 g/mol. The summed E-state index contributed by atoms with van der Waals surface area (Å²) in [5.41, 5.74) is 1.76. The maximum absolute atomic E-state index is 11.7. The van der Waals surface area contributed by atoms with Gasteiger partial charge in [-0.3, -0.25) is 10.1 Å². The van der Waals surface area contributed by atoms with Gasteiger partial charge in [0.1, 0.15) is 6.33 Å². The first-order valence-corrected chi connectivity index (χ1v) is 8.58. The number of benzene rings is 2. The molecule has 0 amide bonds. The topological polar surface area (TPSA) is 111 Å². The number of nitrogens with zero attached hydrogens (tertiary/aromatic N) is 3. The number of aromatic nitrogens is 2. The van der Waals surface area contributed by atoms with Crippen molar-refractivity contribution in [3.63, 3.8) is 0 Å². The fraction of sp³-hybridized carbons (Fsp3) is 0.111. The zero-order chi connectivity index (χ0) is 19.7. The molecule has 1 aliphatic heterocycles. The van der Waals surface area contributed by atoms with Crippen molar-refractivity contribution in [2.75, 3.05) is 17.4 Å². The second kappa shape index (κ2) is 7.20. The number of halogens is 1. The Kier molecular flexibility index (Phi) is 4.58. The summed E-state index contributed by atoms with van der Waals surface area (Å²) in [4.78, 5) is 19.3. The minimum Gasteiger partial charge on any atom is -0.454 e. The molecule has 2 heterocycles. The molecular weight excluding hydrogens is 386 g/mol. The third kappa shape index (κ3) is 3.47. The maximum Gasteiger partial charge on any atom is 0.353 e. The molecule has 10 heteroatoms. The first-order chi connectivity index (χ1) is 13.5. The van der Waals surface area contributed by atoms with Crippen molar-refractivity contribution in [2.24, 2.45) is 0 Å². The molecule has 28 heavy (non-hydrogen) atoms. The van der Waals surface area contributed by atoms with E-state index >= 15 is 0 Å². The Labute approximate surface area is 164 Å². The van der Waals surface area contributed by atoms with E-state index in [4.69, 9.17) is 21.1 Å². The van der Waals surface area contributed by atoms with E-state index in [2.05, 4.69) is 20.6 Å². The Morgan fingerprint density at radius 1 is 1.07 bits per heavy atom. The van der Waals surface area contributed by atoms with Gasteiger partial charge in [-0.25, -0.2) is 9.97 Å². The highest BCUT2D eigenvalue weighted by atomic mass is 35.5. The van der Waals surface area contributed by atoms with Gasteiger partial charge in [-0.05, 0) is 42.8 Å². The van der Waals surface area contributed by atoms with Gasteiger partial charge >= 0.3 is 5.69 Å². The first-order valence-electron chi connectivity index (χ1n) is 8.20. The smallest absolute Gasteiger partial charge is 0.353 e. The van der Waals surface area contributed by atoms with Crippen LogP contribution < -0.4 is 20.1 Å². The van der Waals surface area contributed by atoms with Crippen LogP contribution in [0.1, 0.15) is 5.56 Å². The molecule has 3 aromatic rings. The van der Waals surface area contributed by atoms with E-state index in [1.807, 2.05) is 6.92 Å². The largest absolute Gasteiger partial charge is 0.454 e. The van der Waals surface area contributed by atoms with Crippen LogP contribution in [-0.2, 0) is 0 Å². The molecule has 0 aliphatic carbocycles. The first kappa shape index (κ1) is 17.8. The fourth-order valence-electron chi connectivity index (χ4n) is 2.74. The summed E-state index contributed by atoms with van der Waals surface area (Å²) in [7, 11) is 0. The third-order valence-electron chi connectivity index (χ3n) is 4.08. The molecule has 2 N–H and O–H groups in total. The predicted octanol–water partition coefficient (Wildman–Crippen LogP) is 4.56. The minimum atomic E-state index is -0.539. The number of ether oxygens (including phenoxy) is 2. The third-order valence-corrected chi connectivity index (χ3v) is 4.32. The highest BCUT2D eigenvalue weighted by molar-refractivity contribution is 6.30. The molecule has 1 aromatic heterocycles. The Morgan fingerprint density at radius 2 is 1.82 bits per heavy atom. The van der Waals surface area contributed by atoms with Crippen LogP contribution in [0.25, 0.3) is 0 Å². The van der Waals surface area contributed by atoms with Crippen molar-refractivity contribution < 1.29 is 14.4 Å². The van der Waals surface area contributed by atoms with E-state index in [1.54, 1.807) is 36.4 Å². The van der Waals surface area contributed by atoms with Gasteiger partial charge in [-0.2, -0.15) is 0 Å². The van der Waals surface area contributed by atoms with Crippen molar-refractivity contribution in [1.82, 2.24) is 9.97 Å². The van der Waals surface area contributed by atoms with Crippen LogP contribution >= 0.6 is 11.6 Å². The zero-order valence-corrected chi connectivity index (χ0v) is 15.4. The van der Waals surface area contributed by atoms with E-state index in [0.717, 1.165) is 5.56 Å². The van der Waals surface area contributed by atoms with Gasteiger partial charge in [0.25, 0.3) is 0 Å². The van der Waals surface area contributed by atoms with E-state index in [-0.39, 0.29) is 24.1 Å². The lowest BCUT2D eigenvalue weighted by Crippen LogP contribution is -2.06. The Balaban J connectivity index is 1.68. The summed E-state index contributed by atoms with van der Waals surface area (Å²) < 4.78 is 10.6. The van der Waals surface area contributed by atoms with Crippen LogP contribution in [0.4, 0.5) is 28.7 Å². The summed E-state index contributed by atoms with van der Waals surface area (Å²) in [6, 6.07) is 10.3. The lowest BCUT2D eigenvalue weighted by atomic mass is 10.2. The van der Waals surface area contributed by atoms with Crippen LogP contribution in [0.5, 0.6) is 11.5 Å². The van der Waals surface area contributed by atoms with Gasteiger partial charge in [-0.15, -0.1) is 0 Å². The Hall–Kier alpha value is -3.59. The standard InChI is InChI=1S/C18H14ClN5O4/c1-10-6-11(19)2-4-13(10)23-18-16(24(25)26)17(20-8-21-18)22-12-3-5-14-15(7-12)28-9-27-14/h2-8H,9H2,1H3,(H2,20,21,22,23). The van der Waals surface area contributed by atoms with Crippen LogP contribution in [0, 0.1) is 17.0 Å². The molecule has 0 radical (unpaired) electrons. The van der Waals surface area contributed by atoms with Gasteiger partial charge in [-0.1, -0.05) is 11.6 Å². The van der Waals surface area contributed by atoms with Crippen LogP contribution in [0.3, 0.4) is 0 Å². The molecule has 0 atom stereocenters. The summed E-state index contributed by atoms with van der Waals surface area (Å²) >= 11 is 5.97. The van der Waals surface area contributed by atoms with Crippen molar-refractivity contribution in [3.05, 3.63) is 63.4 Å². The second-order valence-electron chi connectivity index (χ2n) is 5.95. The molecule has 0 fully saturated rings. The lowest BCUT2D eigenvalue weighted by molar-refractivity contribution is -0.383. The van der Waals surface area contributed by atoms with Crippen molar-refractivity contribution in [3.8, 4) is 11.5 Å². The summed E-state index contributed by atoms with van der Waals surface area (Å²) in [5, 5.41) is 18.2. The molecule has 0 unspecified atom stereocenters. The quantitative estimate of drug-likeness (QED) is 0.474. The van der Waals surface area contributed by atoms with E-state index < -0.39 is 4.92 Å². The van der Waals surface area contributed by atoms with Crippen molar-refractivity contribution in [2.45, 2.75) is 6.92 Å². The average Bonchev–Trinajstić information content (AvgIpc) is 3.12. The van der Waals surface area contributed by atoms with Gasteiger partial charge in [0.15, 0.2) is 11.5 Å². The number of nitro groups is 1. The Bertz CT molecular complexity index is 1080. The highest BCUT2D eigenvalue weighted by Crippen LogP contribution is 2.38. The molecular formula is C18H14ClN5O4. The summed E-state index contributed by atoms with van der Waals surface area (Å²) in [6.45, 7) is 1.98. The number of nitrogens with one attached hydrogen (secondary N) is 2. The minimum absolute atomic E-state index is 0.0491. The number of rotatable bonds is 5. The van der Waals surface area contributed by atoms with Gasteiger partial charge in [0, 0.05) is 22.5 Å². The number of hydrogen-bond donors (Lipinski definition) is 2. The predicted molar refractivity (Wildman–Crippen MR) is 104 cm³/mol. The van der Waals surface area contributed by atoms with E-state index in [9.17, 15) is 10.1 Å². The average molecular weight is 400 g/mol. The normalized spacial score (nSPS) is 11.9. The van der Waals surface area contributed by atoms with Crippen LogP contribution in [0.15, 0.2) is 42.7 Å². The van der Waals surface area contributed by atoms with Gasteiger partial charge in [0.2, 0.25) is 18.4 Å². The number of aryl methyl sites for hydroxylation is 1. The summed E-state index contributed by atoms with van der Waals surface area (Å²) in [5.74, 6) is 1.28. The lowest BCUT2D eigenvalue weighted by Gasteiger charge is -2.12. The molecule has 1 aliphatic rings. The van der Waals surface area contributed by atoms with Crippen molar-refractivity contribution in [1.29, 1.82) is 0 Å². The highest BCUT2D eigenvalue weighted by Gasteiger charge is 2.24. The Morgan fingerprint density at radius 3 is 2.57 bits per heavy atom. The molecule has 4 rings (SSSR count). The molecule has 142 valence electrons. The molecule has 0 saturated heterocycles. The second-order valence-corrected chi connectivity index (χ2v) is 6.39. The molecule has 2 aromatic carbocycles. The van der Waals surface area contributed by atoms with E-state index in [0.29, 0.717) is 27.9 Å². The molecule has 0 bridgehead atoms. The van der Waals surface area contributed by atoms with Crippen LogP contribution in [0.2, 0.25) is 5.02 Å². The van der Waals surface area contributed by atoms with Gasteiger partial charge in [0.05, 0.1) is 4.92 Å². The number of anilines is 4. The van der Waals surface area contributed by atoms with Gasteiger partial charge < -0.3 is 20.1 Å². The maximum atomic E-state index is 11.7. The number of hydrogen-bond acceptors (Lipinski definition) is 8. The SMILES string of the molecule is Cc1cc(Cl)ccc1Nc1ncnc(Nc2ccc3c(c2)OCO3)c1[N+](=O)[O-]. The molecule has 0 saturated carbocycles. The van der Waals surface area contributed by atoms with Crippen molar-refractivity contribution >= 4 is 40.3 Å². The molecule has 0 spiro atoms. The fourth-order valence-corrected chi connectivity index (χ4v) is 2.97. The van der Waals surface area contributed by atoms with Crippen LogP contribution in [-0.4, -0.2) is 21.7 Å².